The summed E-state index contributed by atoms with van der Waals surface area (Å²) in [6.45, 7) is 11.0. The zero-order valence-electron chi connectivity index (χ0n) is 17.7. The summed E-state index contributed by atoms with van der Waals surface area (Å²) in [6, 6.07) is 0. The van der Waals surface area contributed by atoms with E-state index in [-0.39, 0.29) is 18.6 Å². The van der Waals surface area contributed by atoms with E-state index >= 15 is 0 Å². The number of amides is 2. The molecule has 5 nitrogen and oxygen atoms in total. The van der Waals surface area contributed by atoms with E-state index in [1.807, 2.05) is 0 Å². The second kappa shape index (κ2) is 9.67. The minimum Gasteiger partial charge on any atom is -0.461 e. The molecular weight excluding hydrogens is 354 g/mol. The molecule has 2 amide bonds. The predicted molar refractivity (Wildman–Crippen MR) is 109 cm³/mol. The number of hydrogen-bond donors (Lipinski definition) is 1. The lowest BCUT2D eigenvalue weighted by Gasteiger charge is -2.25. The first-order valence-electron chi connectivity index (χ1n) is 10.3. The summed E-state index contributed by atoms with van der Waals surface area (Å²) >= 11 is 0. The topological polar surface area (TPSA) is 72.5 Å². The van der Waals surface area contributed by atoms with Crippen molar-refractivity contribution >= 4 is 17.8 Å². The molecule has 1 aromatic carbocycles. The summed E-state index contributed by atoms with van der Waals surface area (Å²) in [5.41, 5.74) is 8.06. The Bertz CT molecular complexity index is 787. The molecule has 0 saturated heterocycles. The third-order valence-electron chi connectivity index (χ3n) is 5.50. The highest BCUT2D eigenvalue weighted by Gasteiger charge is 2.24. The molecule has 1 aliphatic heterocycles. The molecule has 0 aromatic heterocycles. The maximum atomic E-state index is 12.3. The fourth-order valence-corrected chi connectivity index (χ4v) is 4.34. The Kier molecular flexibility index (Phi) is 7.55. The molecule has 0 spiro atoms. The summed E-state index contributed by atoms with van der Waals surface area (Å²) in [7, 11) is 0. The van der Waals surface area contributed by atoms with E-state index in [0.29, 0.717) is 0 Å². The van der Waals surface area contributed by atoms with Crippen LogP contribution in [0.4, 0.5) is 0 Å². The van der Waals surface area contributed by atoms with Crippen LogP contribution in [0.2, 0.25) is 0 Å². The fourth-order valence-electron chi connectivity index (χ4n) is 4.34. The normalized spacial score (nSPS) is 13.5. The lowest BCUT2D eigenvalue weighted by molar-refractivity contribution is -0.144. The van der Waals surface area contributed by atoms with Crippen LogP contribution in [0.1, 0.15) is 74.4 Å². The highest BCUT2D eigenvalue weighted by molar-refractivity contribution is 6.17. The number of esters is 1. The molecule has 0 saturated carbocycles. The van der Waals surface area contributed by atoms with Crippen LogP contribution < -0.4 is 5.32 Å². The van der Waals surface area contributed by atoms with Gasteiger partial charge in [-0.2, -0.15) is 0 Å². The van der Waals surface area contributed by atoms with E-state index in [1.54, 1.807) is 0 Å². The van der Waals surface area contributed by atoms with E-state index in [1.165, 1.54) is 33.9 Å². The molecule has 28 heavy (non-hydrogen) atoms. The average molecular weight is 386 g/mol. The van der Waals surface area contributed by atoms with Crippen molar-refractivity contribution in [3.8, 4) is 0 Å². The van der Waals surface area contributed by atoms with Crippen LogP contribution in [-0.4, -0.2) is 17.8 Å². The van der Waals surface area contributed by atoms with Crippen molar-refractivity contribution in [2.75, 3.05) is 0 Å². The van der Waals surface area contributed by atoms with Crippen molar-refractivity contribution in [1.82, 2.24) is 5.32 Å². The van der Waals surface area contributed by atoms with Gasteiger partial charge < -0.3 is 4.74 Å². The molecule has 0 radical (unpaired) electrons. The number of nitrogens with one attached hydrogen (secondary N) is 1. The van der Waals surface area contributed by atoms with E-state index in [4.69, 9.17) is 4.74 Å². The van der Waals surface area contributed by atoms with Gasteiger partial charge in [0.25, 0.3) is 11.8 Å². The number of benzene rings is 1. The molecule has 5 heteroatoms. The molecular formula is C23H31NO4. The second-order valence-electron chi connectivity index (χ2n) is 6.96. The number of hydrogen-bond acceptors (Lipinski definition) is 4. The first-order chi connectivity index (χ1) is 13.4. The van der Waals surface area contributed by atoms with E-state index in [2.05, 4.69) is 39.9 Å². The molecule has 0 aliphatic carbocycles. The van der Waals surface area contributed by atoms with Gasteiger partial charge >= 0.3 is 5.97 Å². The maximum absolute atomic E-state index is 12.3. The van der Waals surface area contributed by atoms with Gasteiger partial charge in [0.2, 0.25) is 0 Å². The van der Waals surface area contributed by atoms with Gasteiger partial charge in [-0.25, -0.2) is 0 Å². The summed E-state index contributed by atoms with van der Waals surface area (Å²) in [5.74, 6) is -1.49. The molecule has 1 aliphatic rings. The van der Waals surface area contributed by atoms with E-state index in [0.717, 1.165) is 37.7 Å². The molecule has 1 aromatic rings. The van der Waals surface area contributed by atoms with Crippen molar-refractivity contribution < 1.29 is 19.1 Å². The van der Waals surface area contributed by atoms with Crippen LogP contribution in [0, 0.1) is 0 Å². The fraction of sp³-hybridized carbons (Fsp3) is 0.522. The molecule has 152 valence electrons. The monoisotopic (exact) mass is 385 g/mol. The van der Waals surface area contributed by atoms with E-state index < -0.39 is 17.8 Å². The van der Waals surface area contributed by atoms with Crippen LogP contribution in [0.3, 0.4) is 0 Å². The Balaban J connectivity index is 2.33. The lowest BCUT2D eigenvalue weighted by Crippen LogP contribution is -2.23. The van der Waals surface area contributed by atoms with Crippen molar-refractivity contribution in [3.63, 3.8) is 0 Å². The first-order valence-corrected chi connectivity index (χ1v) is 10.3. The van der Waals surface area contributed by atoms with Crippen LogP contribution in [0.5, 0.6) is 0 Å². The Labute approximate surface area is 167 Å². The number of rotatable bonds is 9. The Morgan fingerprint density at radius 2 is 1.21 bits per heavy atom. The lowest BCUT2D eigenvalue weighted by atomic mass is 9.82. The molecule has 0 atom stereocenters. The first kappa shape index (κ1) is 21.9. The zero-order chi connectivity index (χ0) is 20.8. The molecule has 0 unspecified atom stereocenters. The van der Waals surface area contributed by atoms with Crippen molar-refractivity contribution in [2.45, 2.75) is 79.8 Å². The highest BCUT2D eigenvalue weighted by atomic mass is 16.5. The number of imide groups is 1. The summed E-state index contributed by atoms with van der Waals surface area (Å²) < 4.78 is 5.56. The third-order valence-corrected chi connectivity index (χ3v) is 5.50. The van der Waals surface area contributed by atoms with Crippen molar-refractivity contribution in [3.05, 3.63) is 45.0 Å². The third kappa shape index (κ3) is 4.34. The van der Waals surface area contributed by atoms with Gasteiger partial charge in [-0.3, -0.25) is 19.7 Å². The zero-order valence-corrected chi connectivity index (χ0v) is 17.7. The summed E-state index contributed by atoms with van der Waals surface area (Å²) in [4.78, 5) is 35.2. The maximum Gasteiger partial charge on any atom is 0.310 e. The quantitative estimate of drug-likeness (QED) is 0.521. The molecule has 1 N–H and O–H groups in total. The van der Waals surface area contributed by atoms with Gasteiger partial charge in [0, 0.05) is 11.6 Å². The number of carbonyl (C=O) groups excluding carboxylic acids is 3. The predicted octanol–water partition coefficient (Wildman–Crippen LogP) is 3.51. The Morgan fingerprint density at radius 1 is 0.786 bits per heavy atom. The number of carbonyl (C=O) groups is 3. The Morgan fingerprint density at radius 3 is 1.57 bits per heavy atom. The number of ether oxygens (including phenoxy) is 1. The van der Waals surface area contributed by atoms with E-state index in [9.17, 15) is 14.4 Å². The highest BCUT2D eigenvalue weighted by Crippen LogP contribution is 2.32. The standard InChI is InChI=1S/C23H31NO4/c1-6-15-16(7-2)18(9-4)20(19(10-5)17(15)8-3)13-28-22(26)12-14-11-21(25)24-23(14)27/h11H,6-10,12-13H2,1-5H3,(H,24,25,27). The van der Waals surface area contributed by atoms with Crippen LogP contribution in [-0.2, 0) is 57.8 Å². The Hall–Kier alpha value is -2.43. The SMILES string of the molecule is CCc1c(CC)c(CC)c(COC(=O)CC2=CC(=O)NC2=O)c(CC)c1CC. The van der Waals surface area contributed by atoms with Crippen molar-refractivity contribution in [2.24, 2.45) is 0 Å². The largest absolute Gasteiger partial charge is 0.461 e. The van der Waals surface area contributed by atoms with Crippen LogP contribution in [0.25, 0.3) is 0 Å². The van der Waals surface area contributed by atoms with Gasteiger partial charge in [0.05, 0.1) is 6.42 Å². The average Bonchev–Trinajstić information content (AvgIpc) is 3.00. The molecule has 2 rings (SSSR count). The van der Waals surface area contributed by atoms with Crippen LogP contribution in [0.15, 0.2) is 11.6 Å². The van der Waals surface area contributed by atoms with Gasteiger partial charge in [0.1, 0.15) is 6.61 Å². The van der Waals surface area contributed by atoms with Crippen LogP contribution >= 0.6 is 0 Å². The molecule has 1 heterocycles. The smallest absolute Gasteiger partial charge is 0.310 e. The van der Waals surface area contributed by atoms with Gasteiger partial charge in [0.15, 0.2) is 0 Å². The minimum absolute atomic E-state index is 0.159. The van der Waals surface area contributed by atoms with Gasteiger partial charge in [-0.15, -0.1) is 0 Å². The second-order valence-corrected chi connectivity index (χ2v) is 6.96. The van der Waals surface area contributed by atoms with Gasteiger partial charge in [-0.05, 0) is 65.5 Å². The molecule has 0 fully saturated rings. The minimum atomic E-state index is -0.515. The summed E-state index contributed by atoms with van der Waals surface area (Å²) in [6.07, 6.45) is 5.68. The molecule has 0 bridgehead atoms. The van der Waals surface area contributed by atoms with Gasteiger partial charge in [-0.1, -0.05) is 34.6 Å². The summed E-state index contributed by atoms with van der Waals surface area (Å²) in [5, 5.41) is 2.15. The van der Waals surface area contributed by atoms with Crippen molar-refractivity contribution in [1.29, 1.82) is 0 Å².